The van der Waals surface area contributed by atoms with E-state index in [9.17, 15) is 13.2 Å². The monoisotopic (exact) mass is 447 g/mol. The Labute approximate surface area is 179 Å². The average Bonchev–Trinajstić information content (AvgIpc) is 3.17. The molecule has 0 aliphatic heterocycles. The number of rotatable bonds is 7. The number of carbonyl (C=O) groups is 1. The lowest BCUT2D eigenvalue weighted by atomic mass is 10.2. The standard InChI is InChI=1S/C20H21N3O3S3/c1-14(28-20-22-18(13-27-20)15-8-5-4-6-9-15)19(24)21-16-10-7-11-17(12-16)29(25,26)23(2)3/h4-14H,1-3H3,(H,21,24). The summed E-state index contributed by atoms with van der Waals surface area (Å²) in [5.74, 6) is -0.217. The van der Waals surface area contributed by atoms with E-state index in [1.807, 2.05) is 35.7 Å². The molecule has 1 heterocycles. The molecule has 0 radical (unpaired) electrons. The minimum absolute atomic E-state index is 0.132. The third-order valence-corrected chi connectivity index (χ3v) is 7.96. The molecule has 6 nitrogen and oxygen atoms in total. The zero-order chi connectivity index (χ0) is 21.0. The zero-order valence-corrected chi connectivity index (χ0v) is 18.6. The first kappa shape index (κ1) is 21.5. The second-order valence-corrected chi connectivity index (χ2v) is 11.0. The second-order valence-electron chi connectivity index (χ2n) is 6.43. The summed E-state index contributed by atoms with van der Waals surface area (Å²) >= 11 is 2.86. The van der Waals surface area contributed by atoms with Crippen LogP contribution in [-0.4, -0.2) is 43.0 Å². The topological polar surface area (TPSA) is 79.4 Å². The van der Waals surface area contributed by atoms with Gasteiger partial charge in [0.05, 0.1) is 15.8 Å². The molecule has 0 aliphatic carbocycles. The maximum atomic E-state index is 12.6. The summed E-state index contributed by atoms with van der Waals surface area (Å²) < 4.78 is 26.5. The van der Waals surface area contributed by atoms with Crippen LogP contribution in [0.4, 0.5) is 5.69 Å². The normalized spacial score (nSPS) is 12.7. The highest BCUT2D eigenvalue weighted by Crippen LogP contribution is 2.31. The smallest absolute Gasteiger partial charge is 0.242 e. The lowest BCUT2D eigenvalue weighted by molar-refractivity contribution is -0.115. The van der Waals surface area contributed by atoms with E-state index < -0.39 is 10.0 Å². The van der Waals surface area contributed by atoms with Gasteiger partial charge in [-0.3, -0.25) is 4.79 Å². The van der Waals surface area contributed by atoms with Crippen LogP contribution >= 0.6 is 23.1 Å². The second kappa shape index (κ2) is 9.08. The number of nitrogens with one attached hydrogen (secondary N) is 1. The molecule has 1 aromatic heterocycles. The van der Waals surface area contributed by atoms with Gasteiger partial charge in [-0.05, 0) is 25.1 Å². The summed E-state index contributed by atoms with van der Waals surface area (Å²) in [7, 11) is -0.621. The Morgan fingerprint density at radius 2 is 1.86 bits per heavy atom. The van der Waals surface area contributed by atoms with Gasteiger partial charge >= 0.3 is 0 Å². The Hall–Kier alpha value is -2.20. The quantitative estimate of drug-likeness (QED) is 0.550. The number of aromatic nitrogens is 1. The van der Waals surface area contributed by atoms with Crippen molar-refractivity contribution in [3.05, 3.63) is 60.0 Å². The van der Waals surface area contributed by atoms with Crippen molar-refractivity contribution in [2.24, 2.45) is 0 Å². The van der Waals surface area contributed by atoms with E-state index in [1.54, 1.807) is 19.1 Å². The van der Waals surface area contributed by atoms with Crippen LogP contribution in [0.1, 0.15) is 6.92 Å². The summed E-state index contributed by atoms with van der Waals surface area (Å²) in [5.41, 5.74) is 2.36. The van der Waals surface area contributed by atoms with E-state index in [1.165, 1.54) is 49.3 Å². The molecule has 2 aromatic carbocycles. The average molecular weight is 448 g/mol. The lowest BCUT2D eigenvalue weighted by Crippen LogP contribution is -2.24. The van der Waals surface area contributed by atoms with Gasteiger partial charge in [0.25, 0.3) is 0 Å². The highest BCUT2D eigenvalue weighted by molar-refractivity contribution is 8.02. The van der Waals surface area contributed by atoms with Crippen molar-refractivity contribution in [3.63, 3.8) is 0 Å². The van der Waals surface area contributed by atoms with Crippen LogP contribution in [0.5, 0.6) is 0 Å². The van der Waals surface area contributed by atoms with Crippen LogP contribution in [-0.2, 0) is 14.8 Å². The fourth-order valence-corrected chi connectivity index (χ4v) is 5.37. The Morgan fingerprint density at radius 3 is 2.55 bits per heavy atom. The van der Waals surface area contributed by atoms with Crippen LogP contribution in [0.3, 0.4) is 0 Å². The van der Waals surface area contributed by atoms with Gasteiger partial charge in [0, 0.05) is 30.7 Å². The Kier molecular flexibility index (Phi) is 6.74. The van der Waals surface area contributed by atoms with Crippen molar-refractivity contribution in [3.8, 4) is 11.3 Å². The molecule has 0 spiro atoms. The van der Waals surface area contributed by atoms with Gasteiger partial charge < -0.3 is 5.32 Å². The summed E-state index contributed by atoms with van der Waals surface area (Å²) in [6.07, 6.45) is 0. The first-order valence-electron chi connectivity index (χ1n) is 8.78. The Morgan fingerprint density at radius 1 is 1.14 bits per heavy atom. The molecular formula is C20H21N3O3S3. The van der Waals surface area contributed by atoms with Gasteiger partial charge in [0.2, 0.25) is 15.9 Å². The van der Waals surface area contributed by atoms with E-state index in [4.69, 9.17) is 0 Å². The summed E-state index contributed by atoms with van der Waals surface area (Å²) in [6, 6.07) is 16.1. The molecule has 1 atom stereocenters. The fourth-order valence-electron chi connectivity index (χ4n) is 2.45. The third-order valence-electron chi connectivity index (χ3n) is 4.08. The molecule has 9 heteroatoms. The molecule has 0 aliphatic rings. The highest BCUT2D eigenvalue weighted by Gasteiger charge is 2.20. The predicted molar refractivity (Wildman–Crippen MR) is 119 cm³/mol. The number of thiazole rings is 1. The molecule has 3 rings (SSSR count). The van der Waals surface area contributed by atoms with Crippen molar-refractivity contribution in [2.45, 2.75) is 21.4 Å². The molecule has 1 amide bonds. The van der Waals surface area contributed by atoms with Gasteiger partial charge in [0.15, 0.2) is 4.34 Å². The molecular weight excluding hydrogens is 426 g/mol. The van der Waals surface area contributed by atoms with Crippen molar-refractivity contribution in [1.29, 1.82) is 0 Å². The van der Waals surface area contributed by atoms with Crippen molar-refractivity contribution >= 4 is 44.7 Å². The van der Waals surface area contributed by atoms with Crippen molar-refractivity contribution in [1.82, 2.24) is 9.29 Å². The molecule has 0 bridgehead atoms. The molecule has 152 valence electrons. The number of carbonyl (C=O) groups excluding carboxylic acids is 1. The number of amides is 1. The highest BCUT2D eigenvalue weighted by atomic mass is 32.2. The first-order valence-corrected chi connectivity index (χ1v) is 12.0. The first-order chi connectivity index (χ1) is 13.8. The molecule has 1 N–H and O–H groups in total. The number of anilines is 1. The van der Waals surface area contributed by atoms with E-state index in [-0.39, 0.29) is 16.1 Å². The number of hydrogen-bond donors (Lipinski definition) is 1. The van der Waals surface area contributed by atoms with Crippen LogP contribution in [0.15, 0.2) is 69.2 Å². The molecule has 1 unspecified atom stereocenters. The minimum Gasteiger partial charge on any atom is -0.325 e. The maximum absolute atomic E-state index is 12.6. The summed E-state index contributed by atoms with van der Waals surface area (Å²) in [6.45, 7) is 1.80. The number of thioether (sulfide) groups is 1. The van der Waals surface area contributed by atoms with Gasteiger partial charge in [-0.1, -0.05) is 48.2 Å². The maximum Gasteiger partial charge on any atom is 0.242 e. The number of hydrogen-bond acceptors (Lipinski definition) is 6. The van der Waals surface area contributed by atoms with Crippen LogP contribution in [0.2, 0.25) is 0 Å². The van der Waals surface area contributed by atoms with Gasteiger partial charge in [-0.25, -0.2) is 17.7 Å². The lowest BCUT2D eigenvalue weighted by Gasteiger charge is -2.14. The zero-order valence-electron chi connectivity index (χ0n) is 16.2. The van der Waals surface area contributed by atoms with Gasteiger partial charge in [-0.2, -0.15) is 0 Å². The molecule has 0 fully saturated rings. The predicted octanol–water partition coefficient (Wildman–Crippen LogP) is 4.18. The fraction of sp³-hybridized carbons (Fsp3) is 0.200. The van der Waals surface area contributed by atoms with E-state index in [0.717, 1.165) is 19.9 Å². The largest absolute Gasteiger partial charge is 0.325 e. The Bertz CT molecular complexity index is 1100. The molecule has 0 saturated heterocycles. The SMILES string of the molecule is CC(Sc1nc(-c2ccccc2)cs1)C(=O)Nc1cccc(S(=O)(=O)N(C)C)c1. The Balaban J connectivity index is 1.67. The third kappa shape index (κ3) is 5.24. The minimum atomic E-state index is -3.56. The summed E-state index contributed by atoms with van der Waals surface area (Å²) in [5, 5.41) is 4.37. The van der Waals surface area contributed by atoms with E-state index in [2.05, 4.69) is 10.3 Å². The van der Waals surface area contributed by atoms with Crippen LogP contribution < -0.4 is 5.32 Å². The number of nitrogens with zero attached hydrogens (tertiary/aromatic N) is 2. The van der Waals surface area contributed by atoms with Crippen LogP contribution in [0.25, 0.3) is 11.3 Å². The van der Waals surface area contributed by atoms with E-state index >= 15 is 0 Å². The van der Waals surface area contributed by atoms with Gasteiger partial charge in [-0.15, -0.1) is 11.3 Å². The molecule has 29 heavy (non-hydrogen) atoms. The summed E-state index contributed by atoms with van der Waals surface area (Å²) in [4.78, 5) is 17.3. The number of benzene rings is 2. The molecule has 0 saturated carbocycles. The van der Waals surface area contributed by atoms with Gasteiger partial charge in [0.1, 0.15) is 0 Å². The van der Waals surface area contributed by atoms with Crippen molar-refractivity contribution in [2.75, 3.05) is 19.4 Å². The van der Waals surface area contributed by atoms with Crippen molar-refractivity contribution < 1.29 is 13.2 Å². The van der Waals surface area contributed by atoms with E-state index in [0.29, 0.717) is 5.69 Å². The number of sulfonamides is 1. The van der Waals surface area contributed by atoms with Crippen LogP contribution in [0, 0.1) is 0 Å². The molecule has 3 aromatic rings.